The van der Waals surface area contributed by atoms with Crippen LogP contribution in [0.2, 0.25) is 5.02 Å². The van der Waals surface area contributed by atoms with Crippen LogP contribution in [0.25, 0.3) is 10.9 Å². The van der Waals surface area contributed by atoms with E-state index in [1.165, 1.54) is 0 Å². The quantitative estimate of drug-likeness (QED) is 0.301. The number of rotatable bonds is 5. The SMILES string of the molecule is Cc1c(Cl)cccc1NC(=S)N/N=C\c1cn(C)c2ccc(S(=O)(=O)N3CCCCC3)cc12. The van der Waals surface area contributed by atoms with Crippen LogP contribution in [0.3, 0.4) is 0 Å². The normalized spacial score (nSPS) is 15.2. The summed E-state index contributed by atoms with van der Waals surface area (Å²) in [6.45, 7) is 3.05. The molecule has 1 aliphatic heterocycles. The first-order valence-corrected chi connectivity index (χ1v) is 12.9. The monoisotopic (exact) mass is 503 g/mol. The van der Waals surface area contributed by atoms with Gasteiger partial charge in [-0.15, -0.1) is 0 Å². The van der Waals surface area contributed by atoms with E-state index in [9.17, 15) is 8.42 Å². The lowest BCUT2D eigenvalue weighted by atomic mass is 10.2. The van der Waals surface area contributed by atoms with Gasteiger partial charge in [-0.25, -0.2) is 8.42 Å². The van der Waals surface area contributed by atoms with Crippen molar-refractivity contribution >= 4 is 61.8 Å². The van der Waals surface area contributed by atoms with Crippen molar-refractivity contribution in [1.29, 1.82) is 0 Å². The highest BCUT2D eigenvalue weighted by Gasteiger charge is 2.26. The predicted molar refractivity (Wildman–Crippen MR) is 139 cm³/mol. The number of piperidine rings is 1. The summed E-state index contributed by atoms with van der Waals surface area (Å²) >= 11 is 11.5. The number of benzene rings is 2. The van der Waals surface area contributed by atoms with Crippen molar-refractivity contribution in [3.63, 3.8) is 0 Å². The molecule has 0 amide bonds. The standard InChI is InChI=1S/C23H26ClN5O2S2/c1-16-20(24)7-6-8-21(16)26-23(32)27-25-14-17-15-28(2)22-10-9-18(13-19(17)22)33(30,31)29-11-4-3-5-12-29/h6-10,13-15H,3-5,11-12H2,1-2H3,(H2,26,27,32)/b25-14-. The second kappa shape index (κ2) is 9.80. The third-order valence-corrected chi connectivity index (χ3v) is 8.33. The Morgan fingerprint density at radius 1 is 1.18 bits per heavy atom. The minimum Gasteiger partial charge on any atom is -0.350 e. The highest BCUT2D eigenvalue weighted by molar-refractivity contribution is 7.89. The van der Waals surface area contributed by atoms with Gasteiger partial charge in [-0.3, -0.25) is 5.43 Å². The first-order valence-electron chi connectivity index (χ1n) is 10.7. The molecule has 10 heteroatoms. The van der Waals surface area contributed by atoms with Crippen LogP contribution >= 0.6 is 23.8 Å². The number of hydrogen-bond acceptors (Lipinski definition) is 4. The van der Waals surface area contributed by atoms with E-state index < -0.39 is 10.0 Å². The van der Waals surface area contributed by atoms with Crippen LogP contribution < -0.4 is 10.7 Å². The van der Waals surface area contributed by atoms with E-state index in [4.69, 9.17) is 23.8 Å². The van der Waals surface area contributed by atoms with Gasteiger partial charge in [-0.05, 0) is 67.9 Å². The maximum Gasteiger partial charge on any atom is 0.243 e. The molecule has 1 saturated heterocycles. The number of nitrogens with one attached hydrogen (secondary N) is 2. The molecule has 174 valence electrons. The van der Waals surface area contributed by atoms with E-state index in [0.29, 0.717) is 28.1 Å². The number of nitrogens with zero attached hydrogens (tertiary/aromatic N) is 3. The first-order chi connectivity index (χ1) is 15.8. The summed E-state index contributed by atoms with van der Waals surface area (Å²) in [4.78, 5) is 0.305. The molecule has 1 fully saturated rings. The van der Waals surface area contributed by atoms with Crippen molar-refractivity contribution in [2.75, 3.05) is 18.4 Å². The number of thiocarbonyl (C=S) groups is 1. The topological polar surface area (TPSA) is 78.7 Å². The van der Waals surface area contributed by atoms with Gasteiger partial charge in [0, 0.05) is 53.5 Å². The van der Waals surface area contributed by atoms with Gasteiger partial charge >= 0.3 is 0 Å². The van der Waals surface area contributed by atoms with Gasteiger partial charge < -0.3 is 9.88 Å². The average molecular weight is 504 g/mol. The summed E-state index contributed by atoms with van der Waals surface area (Å²) in [5.74, 6) is 0. The smallest absolute Gasteiger partial charge is 0.243 e. The molecule has 2 N–H and O–H groups in total. The molecule has 3 aromatic rings. The Hall–Kier alpha value is -2.46. The van der Waals surface area contributed by atoms with Crippen LogP contribution in [0, 0.1) is 6.92 Å². The van der Waals surface area contributed by atoms with Gasteiger partial charge in [0.15, 0.2) is 5.11 Å². The number of aromatic nitrogens is 1. The van der Waals surface area contributed by atoms with Crippen molar-refractivity contribution < 1.29 is 8.42 Å². The highest BCUT2D eigenvalue weighted by atomic mass is 35.5. The molecule has 0 radical (unpaired) electrons. The van der Waals surface area contributed by atoms with Gasteiger partial charge in [0.05, 0.1) is 11.1 Å². The van der Waals surface area contributed by atoms with Crippen LogP contribution in [-0.4, -0.2) is 41.7 Å². The fraction of sp³-hybridized carbons (Fsp3) is 0.304. The second-order valence-electron chi connectivity index (χ2n) is 8.08. The van der Waals surface area contributed by atoms with Gasteiger partial charge in [0.1, 0.15) is 0 Å². The zero-order valence-electron chi connectivity index (χ0n) is 18.5. The summed E-state index contributed by atoms with van der Waals surface area (Å²) in [7, 11) is -1.60. The van der Waals surface area contributed by atoms with E-state index in [1.807, 2.05) is 49.0 Å². The Balaban J connectivity index is 1.54. The molecule has 4 rings (SSSR count). The number of aryl methyl sites for hydroxylation is 1. The molecular weight excluding hydrogens is 478 g/mol. The molecule has 33 heavy (non-hydrogen) atoms. The Morgan fingerprint density at radius 2 is 1.94 bits per heavy atom. The van der Waals surface area contributed by atoms with Crippen molar-refractivity contribution in [2.45, 2.75) is 31.1 Å². The fourth-order valence-corrected chi connectivity index (χ4v) is 5.85. The molecule has 0 bridgehead atoms. The lowest BCUT2D eigenvalue weighted by Crippen LogP contribution is -2.35. The number of fused-ring (bicyclic) bond motifs is 1. The minimum atomic E-state index is -3.51. The third kappa shape index (κ3) is 5.06. The van der Waals surface area contributed by atoms with Crippen molar-refractivity contribution in [1.82, 2.24) is 14.3 Å². The Labute approximate surface area is 204 Å². The largest absolute Gasteiger partial charge is 0.350 e. The van der Waals surface area contributed by atoms with Crippen molar-refractivity contribution in [2.24, 2.45) is 12.1 Å². The van der Waals surface area contributed by atoms with Crippen LogP contribution in [0.1, 0.15) is 30.4 Å². The third-order valence-electron chi connectivity index (χ3n) is 5.83. The Bertz CT molecular complexity index is 1330. The highest BCUT2D eigenvalue weighted by Crippen LogP contribution is 2.27. The maximum atomic E-state index is 13.1. The molecular formula is C23H26ClN5O2S2. The number of hydrazone groups is 1. The van der Waals surface area contributed by atoms with E-state index in [0.717, 1.165) is 47.0 Å². The van der Waals surface area contributed by atoms with Gasteiger partial charge in [0.25, 0.3) is 0 Å². The molecule has 0 spiro atoms. The maximum absolute atomic E-state index is 13.1. The summed E-state index contributed by atoms with van der Waals surface area (Å²) in [5, 5.41) is 9.11. The van der Waals surface area contributed by atoms with E-state index in [-0.39, 0.29) is 0 Å². The first kappa shape index (κ1) is 23.7. The zero-order chi connectivity index (χ0) is 23.6. The molecule has 0 unspecified atom stereocenters. The van der Waals surface area contributed by atoms with Gasteiger partial charge in [-0.2, -0.15) is 9.41 Å². The molecule has 0 saturated carbocycles. The number of anilines is 1. The summed E-state index contributed by atoms with van der Waals surface area (Å²) < 4.78 is 29.8. The molecule has 0 aliphatic carbocycles. The number of sulfonamides is 1. The Morgan fingerprint density at radius 3 is 2.70 bits per heavy atom. The summed E-state index contributed by atoms with van der Waals surface area (Å²) in [5.41, 5.74) is 6.21. The van der Waals surface area contributed by atoms with Crippen molar-refractivity contribution in [3.05, 3.63) is 58.7 Å². The number of hydrogen-bond donors (Lipinski definition) is 2. The van der Waals surface area contributed by atoms with E-state index in [1.54, 1.807) is 22.7 Å². The second-order valence-corrected chi connectivity index (χ2v) is 10.8. The summed E-state index contributed by atoms with van der Waals surface area (Å²) in [6, 6.07) is 10.8. The zero-order valence-corrected chi connectivity index (χ0v) is 20.9. The molecule has 0 atom stereocenters. The average Bonchev–Trinajstić information content (AvgIpc) is 3.12. The fourth-order valence-electron chi connectivity index (χ4n) is 3.97. The van der Waals surface area contributed by atoms with Crippen LogP contribution in [0.4, 0.5) is 5.69 Å². The molecule has 2 heterocycles. The van der Waals surface area contributed by atoms with Gasteiger partial charge in [0.2, 0.25) is 10.0 Å². The van der Waals surface area contributed by atoms with E-state index >= 15 is 0 Å². The van der Waals surface area contributed by atoms with Gasteiger partial charge in [-0.1, -0.05) is 24.1 Å². The lowest BCUT2D eigenvalue weighted by Gasteiger charge is -2.25. The van der Waals surface area contributed by atoms with Crippen LogP contribution in [0.15, 0.2) is 52.6 Å². The minimum absolute atomic E-state index is 0.305. The Kier molecular flexibility index (Phi) is 7.04. The molecule has 1 aromatic heterocycles. The van der Waals surface area contributed by atoms with E-state index in [2.05, 4.69) is 15.8 Å². The predicted octanol–water partition coefficient (Wildman–Crippen LogP) is 4.64. The van der Waals surface area contributed by atoms with Crippen LogP contribution in [-0.2, 0) is 17.1 Å². The van der Waals surface area contributed by atoms with Crippen LogP contribution in [0.5, 0.6) is 0 Å². The molecule has 7 nitrogen and oxygen atoms in total. The molecule has 1 aliphatic rings. The molecule has 2 aromatic carbocycles. The number of halogens is 1. The lowest BCUT2D eigenvalue weighted by molar-refractivity contribution is 0.346. The van der Waals surface area contributed by atoms with Crippen molar-refractivity contribution in [3.8, 4) is 0 Å². The summed E-state index contributed by atoms with van der Waals surface area (Å²) in [6.07, 6.45) is 6.42.